The summed E-state index contributed by atoms with van der Waals surface area (Å²) in [6.07, 6.45) is 9.19. The number of unbranched alkanes of at least 4 members (excludes halogenated alkanes) is 6. The number of anilines is 1. The Bertz CT molecular complexity index is 1370. The van der Waals surface area contributed by atoms with E-state index in [1.807, 2.05) is 0 Å². The maximum Gasteiger partial charge on any atom is 0.331 e. The zero-order valence-electron chi connectivity index (χ0n) is 23.4. The maximum atomic E-state index is 15.6. The second kappa shape index (κ2) is 15.5. The Morgan fingerprint density at radius 1 is 1.07 bits per heavy atom. The van der Waals surface area contributed by atoms with Crippen LogP contribution in [0.3, 0.4) is 0 Å². The molecule has 0 saturated heterocycles. The van der Waals surface area contributed by atoms with E-state index in [-0.39, 0.29) is 21.8 Å². The number of carboxylic acids is 1. The molecule has 2 N–H and O–H groups in total. The van der Waals surface area contributed by atoms with Crippen molar-refractivity contribution in [2.45, 2.75) is 71.3 Å². The van der Waals surface area contributed by atoms with E-state index in [9.17, 15) is 18.4 Å². The van der Waals surface area contributed by atoms with Gasteiger partial charge in [-0.1, -0.05) is 64.0 Å². The molecular formula is C31H35F3N2O4S. The summed E-state index contributed by atoms with van der Waals surface area (Å²) < 4.78 is 50.1. The Hall–Kier alpha value is -3.50. The molecule has 3 rings (SSSR count). The molecule has 0 bridgehead atoms. The lowest BCUT2D eigenvalue weighted by molar-refractivity contribution is -0.132. The van der Waals surface area contributed by atoms with Gasteiger partial charge in [-0.25, -0.2) is 22.9 Å². The Labute approximate surface area is 242 Å². The zero-order chi connectivity index (χ0) is 29.9. The van der Waals surface area contributed by atoms with Gasteiger partial charge in [0.05, 0.1) is 11.8 Å². The number of hydrogen-bond donors (Lipinski definition) is 2. The third kappa shape index (κ3) is 8.74. The number of benzene rings is 2. The second-order valence-corrected chi connectivity index (χ2v) is 10.7. The summed E-state index contributed by atoms with van der Waals surface area (Å²) >= 11 is 1.04. The molecule has 3 aromatic rings. The fraction of sp³-hybridized carbons (Fsp3) is 0.387. The van der Waals surface area contributed by atoms with Gasteiger partial charge in [0.1, 0.15) is 17.5 Å². The molecule has 220 valence electrons. The summed E-state index contributed by atoms with van der Waals surface area (Å²) in [5.41, 5.74) is -0.146. The molecule has 0 fully saturated rings. The van der Waals surface area contributed by atoms with E-state index < -0.39 is 41.0 Å². The van der Waals surface area contributed by atoms with Gasteiger partial charge in [0, 0.05) is 40.3 Å². The monoisotopic (exact) mass is 588 g/mol. The lowest BCUT2D eigenvalue weighted by atomic mass is 9.98. The summed E-state index contributed by atoms with van der Waals surface area (Å²) in [6, 6.07) is 6.65. The van der Waals surface area contributed by atoms with Crippen LogP contribution in [0.25, 0.3) is 17.3 Å². The molecule has 0 saturated carbocycles. The normalized spacial score (nSPS) is 12.4. The van der Waals surface area contributed by atoms with Gasteiger partial charge in [-0.2, -0.15) is 0 Å². The minimum Gasteiger partial charge on any atom is -0.478 e. The summed E-state index contributed by atoms with van der Waals surface area (Å²) in [5.74, 6) is -4.76. The molecule has 1 aromatic heterocycles. The lowest BCUT2D eigenvalue weighted by Crippen LogP contribution is -2.13. The van der Waals surface area contributed by atoms with E-state index in [0.29, 0.717) is 17.7 Å². The van der Waals surface area contributed by atoms with Crippen molar-refractivity contribution in [1.82, 2.24) is 4.98 Å². The molecule has 0 radical (unpaired) electrons. The van der Waals surface area contributed by atoms with Crippen LogP contribution >= 0.6 is 11.3 Å². The number of hydrogen-bond acceptors (Lipinski definition) is 5. The first-order valence-electron chi connectivity index (χ1n) is 13.6. The molecule has 6 nitrogen and oxygen atoms in total. The largest absolute Gasteiger partial charge is 0.478 e. The number of nitrogens with one attached hydrogen (secondary N) is 1. The van der Waals surface area contributed by atoms with Gasteiger partial charge in [-0.05, 0) is 37.6 Å². The average Bonchev–Trinajstić information content (AvgIpc) is 3.40. The number of rotatable bonds is 15. The topological polar surface area (TPSA) is 88.5 Å². The van der Waals surface area contributed by atoms with Crippen molar-refractivity contribution in [2.24, 2.45) is 0 Å². The summed E-state index contributed by atoms with van der Waals surface area (Å²) in [7, 11) is 1.57. The first-order valence-corrected chi connectivity index (χ1v) is 14.5. The molecule has 0 aliphatic carbocycles. The van der Waals surface area contributed by atoms with Gasteiger partial charge in [0.25, 0.3) is 5.91 Å². The average molecular weight is 589 g/mol. The number of halogens is 3. The van der Waals surface area contributed by atoms with Gasteiger partial charge >= 0.3 is 5.97 Å². The first kappa shape index (κ1) is 32.0. The van der Waals surface area contributed by atoms with E-state index in [1.54, 1.807) is 30.7 Å². The van der Waals surface area contributed by atoms with Gasteiger partial charge in [0.2, 0.25) is 0 Å². The van der Waals surface area contributed by atoms with Crippen molar-refractivity contribution >= 4 is 34.4 Å². The van der Waals surface area contributed by atoms with Gasteiger partial charge in [0.15, 0.2) is 5.13 Å². The van der Waals surface area contributed by atoms with Crippen molar-refractivity contribution in [3.63, 3.8) is 0 Å². The molecule has 2 aromatic carbocycles. The molecule has 1 amide bonds. The maximum absolute atomic E-state index is 15.6. The first-order chi connectivity index (χ1) is 19.7. The SMILES string of the molecule is CCCCCCCCCC(OC)c1cccc(-c2csc(NC(=O)c3cc(F)c(/C=C(\C)C(=O)O)c(F)c3)n2)c1F. The molecule has 41 heavy (non-hydrogen) atoms. The quantitative estimate of drug-likeness (QED) is 0.137. The predicted octanol–water partition coefficient (Wildman–Crippen LogP) is 8.80. The van der Waals surface area contributed by atoms with E-state index in [2.05, 4.69) is 17.2 Å². The number of methoxy groups -OCH3 is 1. The van der Waals surface area contributed by atoms with Gasteiger partial charge in [-0.15, -0.1) is 11.3 Å². The summed E-state index contributed by atoms with van der Waals surface area (Å²) in [5, 5.41) is 13.1. The molecular weight excluding hydrogens is 553 g/mol. The summed E-state index contributed by atoms with van der Waals surface area (Å²) in [4.78, 5) is 28.0. The third-order valence-electron chi connectivity index (χ3n) is 6.77. The number of aromatic nitrogens is 1. The number of carbonyl (C=O) groups is 2. The van der Waals surface area contributed by atoms with Crippen LogP contribution in [-0.4, -0.2) is 29.1 Å². The zero-order valence-corrected chi connectivity index (χ0v) is 24.3. The molecule has 1 atom stereocenters. The Morgan fingerprint density at radius 3 is 2.37 bits per heavy atom. The smallest absolute Gasteiger partial charge is 0.331 e. The van der Waals surface area contributed by atoms with Crippen LogP contribution in [-0.2, 0) is 9.53 Å². The van der Waals surface area contributed by atoms with E-state index in [0.717, 1.165) is 48.8 Å². The van der Waals surface area contributed by atoms with Crippen molar-refractivity contribution in [1.29, 1.82) is 0 Å². The Morgan fingerprint density at radius 2 is 1.73 bits per heavy atom. The minimum atomic E-state index is -1.32. The predicted molar refractivity (Wildman–Crippen MR) is 155 cm³/mol. The van der Waals surface area contributed by atoms with Crippen LogP contribution < -0.4 is 5.32 Å². The molecule has 0 aliphatic rings. The van der Waals surface area contributed by atoms with E-state index >= 15 is 4.39 Å². The van der Waals surface area contributed by atoms with Crippen LogP contribution in [0.1, 0.15) is 92.8 Å². The fourth-order valence-electron chi connectivity index (χ4n) is 4.44. The molecule has 10 heteroatoms. The molecule has 1 heterocycles. The van der Waals surface area contributed by atoms with E-state index in [4.69, 9.17) is 9.84 Å². The molecule has 1 unspecified atom stereocenters. The Kier molecular flexibility index (Phi) is 12.1. The van der Waals surface area contributed by atoms with Crippen molar-refractivity contribution in [3.05, 3.63) is 75.4 Å². The van der Waals surface area contributed by atoms with Crippen LogP contribution in [0, 0.1) is 17.5 Å². The highest BCUT2D eigenvalue weighted by Crippen LogP contribution is 2.33. The van der Waals surface area contributed by atoms with Crippen LogP contribution in [0.5, 0.6) is 0 Å². The van der Waals surface area contributed by atoms with Gasteiger partial charge in [-0.3, -0.25) is 10.1 Å². The number of carbonyl (C=O) groups excluding carboxylic acids is 1. The van der Waals surface area contributed by atoms with Crippen LogP contribution in [0.2, 0.25) is 0 Å². The second-order valence-electron chi connectivity index (χ2n) is 9.82. The number of aliphatic carboxylic acids is 1. The van der Waals surface area contributed by atoms with Crippen LogP contribution in [0.15, 0.2) is 41.3 Å². The number of ether oxygens (including phenoxy) is 1. The number of carboxylic acid groups (broad SMARTS) is 1. The molecule has 0 aliphatic heterocycles. The fourth-order valence-corrected chi connectivity index (χ4v) is 5.14. The minimum absolute atomic E-state index is 0.118. The van der Waals surface area contributed by atoms with Crippen molar-refractivity contribution < 1.29 is 32.6 Å². The highest BCUT2D eigenvalue weighted by Gasteiger charge is 2.21. The number of amides is 1. The number of thiazole rings is 1. The third-order valence-corrected chi connectivity index (χ3v) is 7.53. The van der Waals surface area contributed by atoms with Crippen molar-refractivity contribution in [3.8, 4) is 11.3 Å². The highest BCUT2D eigenvalue weighted by molar-refractivity contribution is 7.14. The Balaban J connectivity index is 1.70. The highest BCUT2D eigenvalue weighted by atomic mass is 32.1. The standard InChI is InChI=1S/C31H35F3N2O4S/c1-4-5-6-7-8-9-10-14-27(40-3)22-13-11-12-21(28(22)34)26-18-41-31(35-26)36-29(37)20-16-24(32)23(25(33)17-20)15-19(2)30(38)39/h11-13,15-18,27H,4-10,14H2,1-3H3,(H,38,39)(H,35,36,37)/b19-15+. The van der Waals surface area contributed by atoms with Crippen molar-refractivity contribution in [2.75, 3.05) is 12.4 Å². The number of nitrogens with zero attached hydrogens (tertiary/aromatic N) is 1. The molecule has 0 spiro atoms. The lowest BCUT2D eigenvalue weighted by Gasteiger charge is -2.17. The van der Waals surface area contributed by atoms with Crippen LogP contribution in [0.4, 0.5) is 18.3 Å². The summed E-state index contributed by atoms with van der Waals surface area (Å²) in [6.45, 7) is 3.39. The van der Waals surface area contributed by atoms with Gasteiger partial charge < -0.3 is 9.84 Å². The van der Waals surface area contributed by atoms with E-state index in [1.165, 1.54) is 32.6 Å².